The third kappa shape index (κ3) is 6.57. The zero-order valence-electron chi connectivity index (χ0n) is 12.0. The van der Waals surface area contributed by atoms with Gasteiger partial charge in [-0.25, -0.2) is 0 Å². The van der Waals surface area contributed by atoms with E-state index in [1.807, 2.05) is 13.8 Å². The lowest BCUT2D eigenvalue weighted by Gasteiger charge is -2.25. The molecule has 0 aliphatic heterocycles. The summed E-state index contributed by atoms with van der Waals surface area (Å²) in [6, 6.07) is 0.324. The van der Waals surface area contributed by atoms with Gasteiger partial charge in [-0.05, 0) is 26.7 Å². The average molecular weight is 270 g/mol. The summed E-state index contributed by atoms with van der Waals surface area (Å²) in [6.45, 7) is 3.89. The first kappa shape index (κ1) is 16.0. The van der Waals surface area contributed by atoms with Crippen molar-refractivity contribution in [2.24, 2.45) is 0 Å². The Morgan fingerprint density at radius 1 is 1.16 bits per heavy atom. The van der Waals surface area contributed by atoms with E-state index in [1.54, 1.807) is 4.90 Å². The number of carbonyl (C=O) groups excluding carboxylic acids is 1. The van der Waals surface area contributed by atoms with Crippen LogP contribution in [0.3, 0.4) is 0 Å². The number of carboxylic acid groups (broad SMARTS) is 1. The predicted molar refractivity (Wildman–Crippen MR) is 74.0 cm³/mol. The molecule has 0 radical (unpaired) electrons. The Labute approximate surface area is 115 Å². The van der Waals surface area contributed by atoms with Gasteiger partial charge in [0.15, 0.2) is 0 Å². The molecule has 110 valence electrons. The molecule has 5 heteroatoms. The first-order valence-electron chi connectivity index (χ1n) is 7.24. The van der Waals surface area contributed by atoms with Crippen LogP contribution in [0.25, 0.3) is 0 Å². The number of nitrogens with zero attached hydrogens (tertiary/aromatic N) is 1. The number of amides is 1. The molecule has 0 spiro atoms. The van der Waals surface area contributed by atoms with Crippen molar-refractivity contribution in [3.63, 3.8) is 0 Å². The minimum atomic E-state index is -0.893. The number of hydrogen-bond acceptors (Lipinski definition) is 3. The summed E-state index contributed by atoms with van der Waals surface area (Å²) in [4.78, 5) is 24.4. The Kier molecular flexibility index (Phi) is 6.84. The van der Waals surface area contributed by atoms with Crippen molar-refractivity contribution in [1.82, 2.24) is 10.2 Å². The van der Waals surface area contributed by atoms with Gasteiger partial charge < -0.3 is 10.4 Å². The van der Waals surface area contributed by atoms with Crippen molar-refractivity contribution in [3.8, 4) is 0 Å². The molecule has 1 fully saturated rings. The quantitative estimate of drug-likeness (QED) is 0.720. The molecular weight excluding hydrogens is 244 g/mol. The van der Waals surface area contributed by atoms with E-state index in [1.165, 1.54) is 25.7 Å². The molecule has 19 heavy (non-hydrogen) atoms. The third-order valence-electron chi connectivity index (χ3n) is 3.64. The Balaban J connectivity index is 2.40. The van der Waals surface area contributed by atoms with Crippen molar-refractivity contribution < 1.29 is 14.7 Å². The predicted octanol–water partition coefficient (Wildman–Crippen LogP) is 1.62. The summed E-state index contributed by atoms with van der Waals surface area (Å²) in [5.74, 6) is -0.946. The highest BCUT2D eigenvalue weighted by atomic mass is 16.4. The fraction of sp³-hybridized carbons (Fsp3) is 0.857. The molecule has 5 nitrogen and oxygen atoms in total. The van der Waals surface area contributed by atoms with Crippen molar-refractivity contribution in [3.05, 3.63) is 0 Å². The van der Waals surface area contributed by atoms with Crippen molar-refractivity contribution in [1.29, 1.82) is 0 Å². The first-order chi connectivity index (χ1) is 8.99. The van der Waals surface area contributed by atoms with Crippen LogP contribution < -0.4 is 5.32 Å². The minimum absolute atomic E-state index is 0.0518. The third-order valence-corrected chi connectivity index (χ3v) is 3.64. The summed E-state index contributed by atoms with van der Waals surface area (Å²) in [5.41, 5.74) is 0. The molecule has 1 aliphatic rings. The molecule has 1 aliphatic carbocycles. The van der Waals surface area contributed by atoms with Gasteiger partial charge in [0.1, 0.15) is 0 Å². The molecule has 0 aromatic rings. The molecule has 0 saturated heterocycles. The molecule has 1 rings (SSSR count). The van der Waals surface area contributed by atoms with Gasteiger partial charge in [0.2, 0.25) is 5.91 Å². The Hall–Kier alpha value is -1.10. The highest BCUT2D eigenvalue weighted by Gasteiger charge is 2.19. The fourth-order valence-corrected chi connectivity index (χ4v) is 2.48. The minimum Gasteiger partial charge on any atom is -0.480 e. The summed E-state index contributed by atoms with van der Waals surface area (Å²) in [6.07, 6.45) is 6.95. The molecular formula is C14H26N2O3. The van der Waals surface area contributed by atoms with Crippen LogP contribution in [0, 0.1) is 0 Å². The van der Waals surface area contributed by atoms with Gasteiger partial charge in [0.05, 0.1) is 13.1 Å². The zero-order chi connectivity index (χ0) is 14.3. The summed E-state index contributed by atoms with van der Waals surface area (Å²) in [7, 11) is 0. The average Bonchev–Trinajstić information content (AvgIpc) is 2.56. The number of carbonyl (C=O) groups is 2. The summed E-state index contributed by atoms with van der Waals surface area (Å²) >= 11 is 0. The van der Waals surface area contributed by atoms with Crippen LogP contribution in [0.4, 0.5) is 0 Å². The Morgan fingerprint density at radius 2 is 1.74 bits per heavy atom. The van der Waals surface area contributed by atoms with Gasteiger partial charge in [-0.1, -0.05) is 25.7 Å². The largest absolute Gasteiger partial charge is 0.480 e. The molecule has 0 bridgehead atoms. The lowest BCUT2D eigenvalue weighted by Crippen LogP contribution is -2.45. The zero-order valence-corrected chi connectivity index (χ0v) is 12.0. The summed E-state index contributed by atoms with van der Waals surface area (Å²) in [5, 5.41) is 11.9. The molecule has 0 aromatic heterocycles. The topological polar surface area (TPSA) is 69.6 Å². The maximum absolute atomic E-state index is 12.0. The van der Waals surface area contributed by atoms with Gasteiger partial charge in [-0.15, -0.1) is 0 Å². The molecule has 2 N–H and O–H groups in total. The second-order valence-electron chi connectivity index (χ2n) is 5.65. The van der Waals surface area contributed by atoms with Gasteiger partial charge in [0, 0.05) is 12.1 Å². The second-order valence-corrected chi connectivity index (χ2v) is 5.65. The second kappa shape index (κ2) is 8.15. The molecule has 0 unspecified atom stereocenters. The van der Waals surface area contributed by atoms with Gasteiger partial charge in [0.25, 0.3) is 0 Å². The van der Waals surface area contributed by atoms with Crippen molar-refractivity contribution in [2.45, 2.75) is 64.5 Å². The van der Waals surface area contributed by atoms with Crippen LogP contribution in [0.2, 0.25) is 0 Å². The number of rotatable bonds is 6. The van der Waals surface area contributed by atoms with Crippen molar-refractivity contribution in [2.75, 3.05) is 13.1 Å². The van der Waals surface area contributed by atoms with E-state index < -0.39 is 5.97 Å². The van der Waals surface area contributed by atoms with Crippen LogP contribution in [-0.4, -0.2) is 47.1 Å². The summed E-state index contributed by atoms with van der Waals surface area (Å²) < 4.78 is 0. The molecule has 1 amide bonds. The fourth-order valence-electron chi connectivity index (χ4n) is 2.48. The Morgan fingerprint density at radius 3 is 2.21 bits per heavy atom. The van der Waals surface area contributed by atoms with E-state index in [2.05, 4.69) is 5.32 Å². The molecule has 0 heterocycles. The van der Waals surface area contributed by atoms with Gasteiger partial charge in [-0.3, -0.25) is 14.5 Å². The smallest absolute Gasteiger partial charge is 0.317 e. The van der Waals surface area contributed by atoms with E-state index >= 15 is 0 Å². The van der Waals surface area contributed by atoms with Gasteiger partial charge in [-0.2, -0.15) is 0 Å². The number of nitrogens with one attached hydrogen (secondary N) is 1. The van der Waals surface area contributed by atoms with Crippen LogP contribution in [0.1, 0.15) is 52.4 Å². The van der Waals surface area contributed by atoms with Crippen LogP contribution in [0.5, 0.6) is 0 Å². The van der Waals surface area contributed by atoms with Crippen molar-refractivity contribution >= 4 is 11.9 Å². The van der Waals surface area contributed by atoms with E-state index in [-0.39, 0.29) is 31.1 Å². The normalized spacial score (nSPS) is 17.5. The monoisotopic (exact) mass is 270 g/mol. The maximum atomic E-state index is 12.0. The molecule has 0 atom stereocenters. The number of hydrogen-bond donors (Lipinski definition) is 2. The standard InChI is InChI=1S/C14H26N2O3/c1-11(2)16(10-14(18)19)9-13(17)15-12-7-5-3-4-6-8-12/h11-12H,3-10H2,1-2H3,(H,15,17)(H,18,19). The first-order valence-corrected chi connectivity index (χ1v) is 7.24. The van der Waals surface area contributed by atoms with Crippen LogP contribution >= 0.6 is 0 Å². The molecule has 0 aromatic carbocycles. The number of aliphatic carboxylic acids is 1. The molecule has 1 saturated carbocycles. The highest BCUT2D eigenvalue weighted by Crippen LogP contribution is 2.17. The SMILES string of the molecule is CC(C)N(CC(=O)O)CC(=O)NC1CCCCCC1. The van der Waals surface area contributed by atoms with E-state index in [9.17, 15) is 9.59 Å². The van der Waals surface area contributed by atoms with Crippen LogP contribution in [0.15, 0.2) is 0 Å². The van der Waals surface area contributed by atoms with E-state index in [4.69, 9.17) is 5.11 Å². The highest BCUT2D eigenvalue weighted by molar-refractivity contribution is 5.79. The lowest BCUT2D eigenvalue weighted by molar-refractivity contribution is -0.139. The van der Waals surface area contributed by atoms with Gasteiger partial charge >= 0.3 is 5.97 Å². The van der Waals surface area contributed by atoms with E-state index in [0.29, 0.717) is 0 Å². The van der Waals surface area contributed by atoms with Crippen LogP contribution in [-0.2, 0) is 9.59 Å². The maximum Gasteiger partial charge on any atom is 0.317 e. The number of carboxylic acids is 1. The van der Waals surface area contributed by atoms with E-state index in [0.717, 1.165) is 12.8 Å². The lowest BCUT2D eigenvalue weighted by atomic mass is 10.1. The Bertz CT molecular complexity index is 297.